The molecule has 0 aromatic heterocycles. The molecule has 1 saturated carbocycles. The topological polar surface area (TPSA) is 38.5 Å². The molecule has 0 aromatic rings. The molecule has 1 aliphatic rings. The second-order valence-corrected chi connectivity index (χ2v) is 6.52. The number of hydrogen-bond acceptors (Lipinski definition) is 3. The van der Waals surface area contributed by atoms with Gasteiger partial charge in [0.25, 0.3) is 0 Å². The van der Waals surface area contributed by atoms with Crippen LogP contribution in [0.25, 0.3) is 0 Å². The van der Waals surface area contributed by atoms with Crippen LogP contribution in [0.15, 0.2) is 0 Å². The second-order valence-electron chi connectivity index (χ2n) is 6.52. The third kappa shape index (κ3) is 3.94. The van der Waals surface area contributed by atoms with Crippen molar-refractivity contribution in [1.82, 2.24) is 4.90 Å². The van der Waals surface area contributed by atoms with E-state index in [1.54, 1.807) is 7.11 Å². The maximum Gasteiger partial charge on any atom is 0.0589 e. The van der Waals surface area contributed by atoms with E-state index in [4.69, 9.17) is 10.5 Å². The van der Waals surface area contributed by atoms with E-state index in [2.05, 4.69) is 25.7 Å². The van der Waals surface area contributed by atoms with E-state index in [1.807, 2.05) is 0 Å². The Morgan fingerprint density at radius 1 is 1.17 bits per heavy atom. The van der Waals surface area contributed by atoms with Gasteiger partial charge in [-0.1, -0.05) is 27.2 Å². The van der Waals surface area contributed by atoms with E-state index in [0.29, 0.717) is 5.41 Å². The maximum absolute atomic E-state index is 6.16. The van der Waals surface area contributed by atoms with Crippen LogP contribution >= 0.6 is 0 Å². The van der Waals surface area contributed by atoms with Crippen molar-refractivity contribution in [3.05, 3.63) is 0 Å². The van der Waals surface area contributed by atoms with Gasteiger partial charge in [-0.25, -0.2) is 0 Å². The smallest absolute Gasteiger partial charge is 0.0589 e. The summed E-state index contributed by atoms with van der Waals surface area (Å²) in [6, 6.07) is 0. The standard InChI is InChI=1S/C15H32N2O/c1-5-17(11-12-18-4)15(13-16)8-6-7-14(2,3)9-10-15/h5-13,16H2,1-4H3. The van der Waals surface area contributed by atoms with E-state index in [-0.39, 0.29) is 5.54 Å². The van der Waals surface area contributed by atoms with Crippen molar-refractivity contribution in [2.24, 2.45) is 11.1 Å². The Hall–Kier alpha value is -0.120. The lowest BCUT2D eigenvalue weighted by Gasteiger charge is -2.43. The van der Waals surface area contributed by atoms with Crippen molar-refractivity contribution in [2.45, 2.75) is 58.4 Å². The highest BCUT2D eigenvalue weighted by atomic mass is 16.5. The molecule has 0 spiro atoms. The van der Waals surface area contributed by atoms with Crippen molar-refractivity contribution in [3.8, 4) is 0 Å². The molecule has 0 amide bonds. The summed E-state index contributed by atoms with van der Waals surface area (Å²) in [4.78, 5) is 2.55. The molecule has 18 heavy (non-hydrogen) atoms. The monoisotopic (exact) mass is 256 g/mol. The number of nitrogens with zero attached hydrogens (tertiary/aromatic N) is 1. The Labute approximate surface area is 113 Å². The summed E-state index contributed by atoms with van der Waals surface area (Å²) < 4.78 is 5.24. The normalized spacial score (nSPS) is 28.3. The zero-order chi connectivity index (χ0) is 13.6. The van der Waals surface area contributed by atoms with Crippen LogP contribution in [0.2, 0.25) is 0 Å². The zero-order valence-electron chi connectivity index (χ0n) is 12.8. The average molecular weight is 256 g/mol. The number of methoxy groups -OCH3 is 1. The molecule has 1 aliphatic carbocycles. The van der Waals surface area contributed by atoms with Crippen molar-refractivity contribution < 1.29 is 4.74 Å². The molecular formula is C15H32N2O. The molecule has 3 nitrogen and oxygen atoms in total. The minimum atomic E-state index is 0.209. The van der Waals surface area contributed by atoms with Gasteiger partial charge in [0.1, 0.15) is 0 Å². The van der Waals surface area contributed by atoms with Gasteiger partial charge >= 0.3 is 0 Å². The van der Waals surface area contributed by atoms with Crippen LogP contribution in [0, 0.1) is 5.41 Å². The highest BCUT2D eigenvalue weighted by Gasteiger charge is 2.38. The summed E-state index contributed by atoms with van der Waals surface area (Å²) >= 11 is 0. The van der Waals surface area contributed by atoms with Crippen LogP contribution in [-0.2, 0) is 4.74 Å². The molecule has 0 heterocycles. The quantitative estimate of drug-likeness (QED) is 0.743. The Bertz CT molecular complexity index is 243. The van der Waals surface area contributed by atoms with Gasteiger partial charge < -0.3 is 10.5 Å². The van der Waals surface area contributed by atoms with E-state index in [9.17, 15) is 0 Å². The molecular weight excluding hydrogens is 224 g/mol. The summed E-state index contributed by atoms with van der Waals surface area (Å²) in [5.74, 6) is 0. The lowest BCUT2D eigenvalue weighted by molar-refractivity contribution is 0.0512. The number of likely N-dealkylation sites (N-methyl/N-ethyl adjacent to an activating group) is 1. The fourth-order valence-corrected chi connectivity index (χ4v) is 3.30. The average Bonchev–Trinajstić information content (AvgIpc) is 2.50. The van der Waals surface area contributed by atoms with Crippen LogP contribution in [-0.4, -0.2) is 43.8 Å². The first-order valence-electron chi connectivity index (χ1n) is 7.44. The van der Waals surface area contributed by atoms with Gasteiger partial charge in [0.2, 0.25) is 0 Å². The number of ether oxygens (including phenoxy) is 1. The Balaban J connectivity index is 2.76. The van der Waals surface area contributed by atoms with Crippen molar-refractivity contribution in [2.75, 3.05) is 33.4 Å². The summed E-state index contributed by atoms with van der Waals surface area (Å²) in [5, 5.41) is 0. The molecule has 2 N–H and O–H groups in total. The predicted molar refractivity (Wildman–Crippen MR) is 77.8 cm³/mol. The minimum Gasteiger partial charge on any atom is -0.383 e. The third-order valence-electron chi connectivity index (χ3n) is 4.76. The van der Waals surface area contributed by atoms with E-state index in [0.717, 1.165) is 26.2 Å². The first-order chi connectivity index (χ1) is 8.49. The molecule has 1 unspecified atom stereocenters. The lowest BCUT2D eigenvalue weighted by Crippen LogP contribution is -2.54. The SMILES string of the molecule is CCN(CCOC)C1(CN)CCCC(C)(C)CC1. The first kappa shape index (κ1) is 15.9. The maximum atomic E-state index is 6.16. The minimum absolute atomic E-state index is 0.209. The van der Waals surface area contributed by atoms with Gasteiger partial charge in [-0.15, -0.1) is 0 Å². The summed E-state index contributed by atoms with van der Waals surface area (Å²) in [5.41, 5.74) is 6.86. The van der Waals surface area contributed by atoms with Gasteiger partial charge in [-0.05, 0) is 37.6 Å². The molecule has 0 bridgehead atoms. The van der Waals surface area contributed by atoms with Crippen molar-refractivity contribution in [1.29, 1.82) is 0 Å². The fraction of sp³-hybridized carbons (Fsp3) is 1.00. The van der Waals surface area contributed by atoms with Gasteiger partial charge in [0.15, 0.2) is 0 Å². The molecule has 0 radical (unpaired) electrons. The van der Waals surface area contributed by atoms with Crippen LogP contribution in [0.5, 0.6) is 0 Å². The largest absolute Gasteiger partial charge is 0.383 e. The Kier molecular flexibility index (Phi) is 6.09. The Morgan fingerprint density at radius 3 is 2.44 bits per heavy atom. The van der Waals surface area contributed by atoms with E-state index < -0.39 is 0 Å². The van der Waals surface area contributed by atoms with Crippen molar-refractivity contribution >= 4 is 0 Å². The molecule has 108 valence electrons. The lowest BCUT2D eigenvalue weighted by atomic mass is 9.83. The predicted octanol–water partition coefficient (Wildman–Crippen LogP) is 2.64. The van der Waals surface area contributed by atoms with Gasteiger partial charge in [0, 0.05) is 25.7 Å². The van der Waals surface area contributed by atoms with E-state index >= 15 is 0 Å². The van der Waals surface area contributed by atoms with Gasteiger partial charge in [-0.3, -0.25) is 4.90 Å². The van der Waals surface area contributed by atoms with Crippen LogP contribution in [0.3, 0.4) is 0 Å². The first-order valence-corrected chi connectivity index (χ1v) is 7.44. The molecule has 3 heteroatoms. The summed E-state index contributed by atoms with van der Waals surface area (Å²) in [6.45, 7) is 10.7. The second kappa shape index (κ2) is 6.88. The highest BCUT2D eigenvalue weighted by molar-refractivity contribution is 4.95. The summed E-state index contributed by atoms with van der Waals surface area (Å²) in [7, 11) is 1.78. The molecule has 0 aliphatic heterocycles. The highest BCUT2D eigenvalue weighted by Crippen LogP contribution is 2.40. The van der Waals surface area contributed by atoms with Gasteiger partial charge in [-0.2, -0.15) is 0 Å². The van der Waals surface area contributed by atoms with Crippen LogP contribution < -0.4 is 5.73 Å². The number of rotatable bonds is 6. The Morgan fingerprint density at radius 2 is 1.89 bits per heavy atom. The van der Waals surface area contributed by atoms with E-state index in [1.165, 1.54) is 32.1 Å². The van der Waals surface area contributed by atoms with Crippen LogP contribution in [0.4, 0.5) is 0 Å². The summed E-state index contributed by atoms with van der Waals surface area (Å²) in [6.07, 6.45) is 6.39. The molecule has 1 atom stereocenters. The molecule has 1 rings (SSSR count). The zero-order valence-corrected chi connectivity index (χ0v) is 12.8. The molecule has 0 aromatic carbocycles. The van der Waals surface area contributed by atoms with Crippen molar-refractivity contribution in [3.63, 3.8) is 0 Å². The molecule has 0 saturated heterocycles. The number of nitrogens with two attached hydrogens (primary N) is 1. The fourth-order valence-electron chi connectivity index (χ4n) is 3.30. The van der Waals surface area contributed by atoms with Gasteiger partial charge in [0.05, 0.1) is 6.61 Å². The number of hydrogen-bond donors (Lipinski definition) is 1. The third-order valence-corrected chi connectivity index (χ3v) is 4.76. The van der Waals surface area contributed by atoms with Crippen LogP contribution in [0.1, 0.15) is 52.9 Å². The molecule has 1 fully saturated rings.